The number of hydrogen-bond donors (Lipinski definition) is 1. The molecular formula is C22H26BrCl2N3O4S. The third-order valence-corrected chi connectivity index (χ3v) is 6.90. The molecule has 0 aliphatic carbocycles. The van der Waals surface area contributed by atoms with Gasteiger partial charge in [0.1, 0.15) is 12.6 Å². The van der Waals surface area contributed by atoms with Crippen LogP contribution in [0, 0.1) is 0 Å². The van der Waals surface area contributed by atoms with E-state index in [0.717, 1.165) is 27.0 Å². The second-order valence-corrected chi connectivity index (χ2v) is 11.2. The zero-order valence-corrected chi connectivity index (χ0v) is 22.4. The van der Waals surface area contributed by atoms with Crippen LogP contribution < -0.4 is 9.62 Å². The molecule has 0 aliphatic rings. The number of sulfonamides is 1. The van der Waals surface area contributed by atoms with Gasteiger partial charge in [-0.15, -0.1) is 0 Å². The summed E-state index contributed by atoms with van der Waals surface area (Å²) in [6, 6.07) is 10.8. The van der Waals surface area contributed by atoms with Crippen LogP contribution in [-0.2, 0) is 26.2 Å². The van der Waals surface area contributed by atoms with Gasteiger partial charge in [0, 0.05) is 27.6 Å². The van der Waals surface area contributed by atoms with Crippen molar-refractivity contribution < 1.29 is 18.0 Å². The SMILES string of the molecule is CCCNC(=O)C(C)N(Cc1ccc(Br)cc1)C(=O)CN(c1cc(Cl)cc(Cl)c1)S(C)(=O)=O. The minimum Gasteiger partial charge on any atom is -0.354 e. The third-order valence-electron chi connectivity index (χ3n) is 4.80. The minimum absolute atomic E-state index is 0.126. The largest absolute Gasteiger partial charge is 0.354 e. The summed E-state index contributed by atoms with van der Waals surface area (Å²) in [5, 5.41) is 3.25. The highest BCUT2D eigenvalue weighted by molar-refractivity contribution is 9.10. The number of rotatable bonds is 10. The van der Waals surface area contributed by atoms with Crippen molar-refractivity contribution in [2.75, 3.05) is 23.7 Å². The lowest BCUT2D eigenvalue weighted by atomic mass is 10.1. The molecule has 1 unspecified atom stereocenters. The molecule has 1 atom stereocenters. The Kier molecular flexibility index (Phi) is 10.0. The predicted octanol–water partition coefficient (Wildman–Crippen LogP) is 4.47. The van der Waals surface area contributed by atoms with E-state index in [9.17, 15) is 18.0 Å². The topological polar surface area (TPSA) is 86.8 Å². The summed E-state index contributed by atoms with van der Waals surface area (Å²) in [7, 11) is -3.86. The first-order valence-electron chi connectivity index (χ1n) is 10.2. The molecule has 11 heteroatoms. The highest BCUT2D eigenvalue weighted by atomic mass is 79.9. The zero-order chi connectivity index (χ0) is 24.8. The van der Waals surface area contributed by atoms with E-state index in [1.165, 1.54) is 23.1 Å². The molecule has 2 rings (SSSR count). The molecule has 0 saturated heterocycles. The molecule has 7 nitrogen and oxygen atoms in total. The fourth-order valence-electron chi connectivity index (χ4n) is 3.06. The number of anilines is 1. The average Bonchev–Trinajstić information content (AvgIpc) is 2.73. The number of hydrogen-bond acceptors (Lipinski definition) is 4. The Morgan fingerprint density at radius 3 is 2.18 bits per heavy atom. The second-order valence-electron chi connectivity index (χ2n) is 7.51. The van der Waals surface area contributed by atoms with E-state index in [2.05, 4.69) is 21.2 Å². The average molecular weight is 579 g/mol. The van der Waals surface area contributed by atoms with Crippen molar-refractivity contribution >= 4 is 66.7 Å². The van der Waals surface area contributed by atoms with Crippen molar-refractivity contribution in [3.63, 3.8) is 0 Å². The first-order chi connectivity index (χ1) is 15.4. The van der Waals surface area contributed by atoms with Crippen LogP contribution in [-0.4, -0.2) is 50.5 Å². The monoisotopic (exact) mass is 577 g/mol. The molecule has 0 saturated carbocycles. The molecule has 2 aromatic rings. The van der Waals surface area contributed by atoms with Gasteiger partial charge in [-0.2, -0.15) is 0 Å². The second kappa shape index (κ2) is 12.1. The van der Waals surface area contributed by atoms with E-state index in [-0.39, 0.29) is 28.2 Å². The minimum atomic E-state index is -3.86. The van der Waals surface area contributed by atoms with Gasteiger partial charge in [0.15, 0.2) is 0 Å². The lowest BCUT2D eigenvalue weighted by Crippen LogP contribution is -2.51. The molecular weight excluding hydrogens is 553 g/mol. The fourth-order valence-corrected chi connectivity index (χ4v) is 4.67. The van der Waals surface area contributed by atoms with E-state index in [4.69, 9.17) is 23.2 Å². The highest BCUT2D eigenvalue weighted by Crippen LogP contribution is 2.27. The maximum Gasteiger partial charge on any atom is 0.244 e. The van der Waals surface area contributed by atoms with Crippen LogP contribution in [0.25, 0.3) is 0 Å². The summed E-state index contributed by atoms with van der Waals surface area (Å²) in [6.07, 6.45) is 1.74. The highest BCUT2D eigenvalue weighted by Gasteiger charge is 2.30. The zero-order valence-electron chi connectivity index (χ0n) is 18.5. The molecule has 0 heterocycles. The number of nitrogens with zero attached hydrogens (tertiary/aromatic N) is 2. The Morgan fingerprint density at radius 2 is 1.67 bits per heavy atom. The molecule has 180 valence electrons. The van der Waals surface area contributed by atoms with Gasteiger partial charge in [-0.05, 0) is 49.2 Å². The molecule has 2 aromatic carbocycles. The van der Waals surface area contributed by atoms with Gasteiger partial charge in [0.2, 0.25) is 21.8 Å². The first kappa shape index (κ1) is 27.4. The van der Waals surface area contributed by atoms with Gasteiger partial charge < -0.3 is 10.2 Å². The lowest BCUT2D eigenvalue weighted by Gasteiger charge is -2.31. The van der Waals surface area contributed by atoms with E-state index in [1.54, 1.807) is 6.92 Å². The van der Waals surface area contributed by atoms with Crippen LogP contribution in [0.15, 0.2) is 46.9 Å². The van der Waals surface area contributed by atoms with Crippen molar-refractivity contribution in [1.82, 2.24) is 10.2 Å². The number of carbonyl (C=O) groups excluding carboxylic acids is 2. The Morgan fingerprint density at radius 1 is 1.09 bits per heavy atom. The Bertz CT molecular complexity index is 1080. The van der Waals surface area contributed by atoms with E-state index >= 15 is 0 Å². The lowest BCUT2D eigenvalue weighted by molar-refractivity contribution is -0.139. The normalized spacial score (nSPS) is 12.2. The fraction of sp³-hybridized carbons (Fsp3) is 0.364. The van der Waals surface area contributed by atoms with Crippen LogP contribution in [0.2, 0.25) is 10.0 Å². The van der Waals surface area contributed by atoms with Gasteiger partial charge in [-0.3, -0.25) is 13.9 Å². The van der Waals surface area contributed by atoms with Gasteiger partial charge in [-0.25, -0.2) is 8.42 Å². The van der Waals surface area contributed by atoms with E-state index in [0.29, 0.717) is 6.54 Å². The molecule has 1 N–H and O–H groups in total. The molecule has 0 spiro atoms. The predicted molar refractivity (Wildman–Crippen MR) is 136 cm³/mol. The summed E-state index contributed by atoms with van der Waals surface area (Å²) in [4.78, 5) is 27.4. The maximum atomic E-state index is 13.4. The molecule has 0 fully saturated rings. The summed E-state index contributed by atoms with van der Waals surface area (Å²) < 4.78 is 26.9. The summed E-state index contributed by atoms with van der Waals surface area (Å²) in [6.45, 7) is 3.62. The van der Waals surface area contributed by atoms with Crippen molar-refractivity contribution in [2.24, 2.45) is 0 Å². The Labute approximate surface area is 213 Å². The van der Waals surface area contributed by atoms with E-state index in [1.807, 2.05) is 31.2 Å². The van der Waals surface area contributed by atoms with Crippen molar-refractivity contribution in [3.05, 3.63) is 62.5 Å². The van der Waals surface area contributed by atoms with Gasteiger partial charge in [-0.1, -0.05) is 58.2 Å². The van der Waals surface area contributed by atoms with Crippen LogP contribution in [0.5, 0.6) is 0 Å². The third kappa shape index (κ3) is 8.17. The van der Waals surface area contributed by atoms with Crippen molar-refractivity contribution in [2.45, 2.75) is 32.9 Å². The van der Waals surface area contributed by atoms with Gasteiger partial charge in [0.25, 0.3) is 0 Å². The number of benzene rings is 2. The van der Waals surface area contributed by atoms with Crippen molar-refractivity contribution in [3.8, 4) is 0 Å². The number of nitrogens with one attached hydrogen (secondary N) is 1. The number of halogens is 3. The van der Waals surface area contributed by atoms with E-state index < -0.39 is 28.5 Å². The Balaban J connectivity index is 2.39. The number of amides is 2. The summed E-state index contributed by atoms with van der Waals surface area (Å²) in [5.41, 5.74) is 0.952. The van der Waals surface area contributed by atoms with Crippen LogP contribution >= 0.6 is 39.1 Å². The van der Waals surface area contributed by atoms with Crippen LogP contribution in [0.1, 0.15) is 25.8 Å². The summed E-state index contributed by atoms with van der Waals surface area (Å²) >= 11 is 15.5. The smallest absolute Gasteiger partial charge is 0.244 e. The van der Waals surface area contributed by atoms with Crippen LogP contribution in [0.3, 0.4) is 0 Å². The molecule has 0 radical (unpaired) electrons. The quantitative estimate of drug-likeness (QED) is 0.451. The first-order valence-corrected chi connectivity index (χ1v) is 13.6. The number of carbonyl (C=O) groups is 2. The molecule has 0 bridgehead atoms. The molecule has 2 amide bonds. The van der Waals surface area contributed by atoms with Crippen LogP contribution in [0.4, 0.5) is 5.69 Å². The van der Waals surface area contributed by atoms with Gasteiger partial charge in [0.05, 0.1) is 11.9 Å². The molecule has 0 aliphatic heterocycles. The maximum absolute atomic E-state index is 13.4. The van der Waals surface area contributed by atoms with Gasteiger partial charge >= 0.3 is 0 Å². The molecule has 0 aromatic heterocycles. The molecule has 33 heavy (non-hydrogen) atoms. The standard InChI is InChI=1S/C22H26BrCl2N3O4S/c1-4-9-26-22(30)15(2)27(13-16-5-7-17(23)8-6-16)21(29)14-28(33(3,31)32)20-11-18(24)10-19(25)12-20/h5-8,10-12,15H,4,9,13-14H2,1-3H3,(H,26,30). The summed E-state index contributed by atoms with van der Waals surface area (Å²) in [5.74, 6) is -0.863. The van der Waals surface area contributed by atoms with Crippen molar-refractivity contribution in [1.29, 1.82) is 0 Å². The Hall–Kier alpha value is -1.81.